The number of aromatic nitrogens is 2. The third-order valence-electron chi connectivity index (χ3n) is 4.53. The quantitative estimate of drug-likeness (QED) is 0.930. The molecule has 1 N–H and O–H groups in total. The van der Waals surface area contributed by atoms with Gasteiger partial charge in [-0.15, -0.1) is 16.9 Å². The Morgan fingerprint density at radius 1 is 1.33 bits per heavy atom. The lowest BCUT2D eigenvalue weighted by molar-refractivity contribution is -0.131. The SMILES string of the molecule is CCNc1cc2c(nn1)CCN(C(=O)[C@H]1Cc3ccccc3S1)C2. The highest BCUT2D eigenvalue weighted by Crippen LogP contribution is 2.38. The van der Waals surface area contributed by atoms with E-state index < -0.39 is 0 Å². The van der Waals surface area contributed by atoms with Crippen LogP contribution in [-0.4, -0.2) is 39.3 Å². The van der Waals surface area contributed by atoms with Gasteiger partial charge in [0.25, 0.3) is 0 Å². The van der Waals surface area contributed by atoms with E-state index in [-0.39, 0.29) is 11.2 Å². The third-order valence-corrected chi connectivity index (χ3v) is 5.84. The van der Waals surface area contributed by atoms with Crippen LogP contribution in [0, 0.1) is 0 Å². The first-order valence-electron chi connectivity index (χ1n) is 8.37. The number of nitrogens with one attached hydrogen (secondary N) is 1. The molecule has 1 aromatic carbocycles. The van der Waals surface area contributed by atoms with Gasteiger partial charge in [-0.05, 0) is 36.6 Å². The Kier molecular flexibility index (Phi) is 4.14. The van der Waals surface area contributed by atoms with E-state index in [0.717, 1.165) is 43.0 Å². The molecule has 2 aliphatic rings. The summed E-state index contributed by atoms with van der Waals surface area (Å²) < 4.78 is 0. The largest absolute Gasteiger partial charge is 0.369 e. The molecule has 0 unspecified atom stereocenters. The average molecular weight is 340 g/mol. The lowest BCUT2D eigenvalue weighted by atomic mass is 10.0. The molecule has 2 aromatic rings. The number of nitrogens with zero attached hydrogens (tertiary/aromatic N) is 3. The Labute approximate surface area is 145 Å². The maximum atomic E-state index is 12.9. The minimum atomic E-state index is 0.00647. The summed E-state index contributed by atoms with van der Waals surface area (Å²) >= 11 is 1.70. The van der Waals surface area contributed by atoms with Gasteiger partial charge in [-0.2, -0.15) is 5.10 Å². The second kappa shape index (κ2) is 6.43. The van der Waals surface area contributed by atoms with Crippen LogP contribution in [-0.2, 0) is 24.2 Å². The molecular weight excluding hydrogens is 320 g/mol. The average Bonchev–Trinajstić information content (AvgIpc) is 3.05. The zero-order valence-corrected chi connectivity index (χ0v) is 14.5. The predicted molar refractivity (Wildman–Crippen MR) is 95.1 cm³/mol. The molecule has 0 saturated carbocycles. The van der Waals surface area contributed by atoms with Gasteiger partial charge in [0, 0.05) is 31.0 Å². The fourth-order valence-corrected chi connectivity index (χ4v) is 4.59. The van der Waals surface area contributed by atoms with Crippen molar-refractivity contribution in [1.29, 1.82) is 0 Å². The van der Waals surface area contributed by atoms with Crippen LogP contribution in [0.5, 0.6) is 0 Å². The van der Waals surface area contributed by atoms with Gasteiger partial charge in [-0.25, -0.2) is 0 Å². The first-order valence-corrected chi connectivity index (χ1v) is 9.25. The molecule has 0 fully saturated rings. The molecule has 1 atom stereocenters. The number of thioether (sulfide) groups is 1. The Morgan fingerprint density at radius 2 is 2.21 bits per heavy atom. The summed E-state index contributed by atoms with van der Waals surface area (Å²) in [7, 11) is 0. The second-order valence-corrected chi connectivity index (χ2v) is 7.40. The summed E-state index contributed by atoms with van der Waals surface area (Å²) in [4.78, 5) is 16.2. The molecule has 0 radical (unpaired) electrons. The van der Waals surface area contributed by atoms with Gasteiger partial charge in [-0.1, -0.05) is 18.2 Å². The van der Waals surface area contributed by atoms with Gasteiger partial charge in [0.15, 0.2) is 0 Å². The number of carbonyl (C=O) groups is 1. The Bertz CT molecular complexity index is 754. The molecular formula is C18H20N4OS. The van der Waals surface area contributed by atoms with E-state index in [1.54, 1.807) is 11.8 Å². The van der Waals surface area contributed by atoms with E-state index in [0.29, 0.717) is 6.54 Å². The highest BCUT2D eigenvalue weighted by Gasteiger charge is 2.33. The standard InChI is InChI=1S/C18H20N4OS/c1-2-19-17-10-13-11-22(8-7-14(13)20-21-17)18(23)16-9-12-5-3-4-6-15(12)24-16/h3-6,10,16H,2,7-9,11H2,1H3,(H,19,21)/t16-/m1/s1. The van der Waals surface area contributed by atoms with Crippen molar-refractivity contribution in [2.24, 2.45) is 0 Å². The van der Waals surface area contributed by atoms with Crippen LogP contribution in [0.2, 0.25) is 0 Å². The zero-order chi connectivity index (χ0) is 16.5. The topological polar surface area (TPSA) is 58.1 Å². The smallest absolute Gasteiger partial charge is 0.236 e. The van der Waals surface area contributed by atoms with Crippen LogP contribution >= 0.6 is 11.8 Å². The summed E-state index contributed by atoms with van der Waals surface area (Å²) in [6.07, 6.45) is 1.62. The molecule has 3 heterocycles. The van der Waals surface area contributed by atoms with Crippen molar-refractivity contribution in [2.75, 3.05) is 18.4 Å². The molecule has 5 nitrogen and oxygen atoms in total. The van der Waals surface area contributed by atoms with Crippen LogP contribution in [0.4, 0.5) is 5.82 Å². The van der Waals surface area contributed by atoms with Crippen LogP contribution < -0.4 is 5.32 Å². The highest BCUT2D eigenvalue weighted by atomic mass is 32.2. The number of amides is 1. The number of rotatable bonds is 3. The molecule has 24 heavy (non-hydrogen) atoms. The molecule has 4 rings (SSSR count). The third kappa shape index (κ3) is 2.86. The number of benzene rings is 1. The minimum absolute atomic E-state index is 0.00647. The second-order valence-electron chi connectivity index (χ2n) is 6.16. The van der Waals surface area contributed by atoms with E-state index in [4.69, 9.17) is 0 Å². The van der Waals surface area contributed by atoms with Crippen LogP contribution in [0.1, 0.15) is 23.7 Å². The molecule has 0 saturated heterocycles. The zero-order valence-electron chi connectivity index (χ0n) is 13.7. The fraction of sp³-hybridized carbons (Fsp3) is 0.389. The lowest BCUT2D eigenvalue weighted by Gasteiger charge is -2.30. The van der Waals surface area contributed by atoms with Crippen molar-refractivity contribution in [3.63, 3.8) is 0 Å². The molecule has 1 amide bonds. The number of carbonyl (C=O) groups excluding carboxylic acids is 1. The van der Waals surface area contributed by atoms with Crippen molar-refractivity contribution in [1.82, 2.24) is 15.1 Å². The van der Waals surface area contributed by atoms with Gasteiger partial charge < -0.3 is 10.2 Å². The van der Waals surface area contributed by atoms with E-state index in [1.807, 2.05) is 30.0 Å². The van der Waals surface area contributed by atoms with Crippen molar-refractivity contribution >= 4 is 23.5 Å². The number of fused-ring (bicyclic) bond motifs is 2. The van der Waals surface area contributed by atoms with Gasteiger partial charge in [0.1, 0.15) is 5.82 Å². The predicted octanol–water partition coefficient (Wildman–Crippen LogP) is 2.51. The van der Waals surface area contributed by atoms with Crippen LogP contribution in [0.25, 0.3) is 0 Å². The molecule has 0 aliphatic carbocycles. The van der Waals surface area contributed by atoms with Crippen LogP contribution in [0.15, 0.2) is 35.2 Å². The molecule has 6 heteroatoms. The molecule has 124 valence electrons. The first-order chi connectivity index (χ1) is 11.7. The summed E-state index contributed by atoms with van der Waals surface area (Å²) in [6, 6.07) is 10.3. The summed E-state index contributed by atoms with van der Waals surface area (Å²) in [5.74, 6) is 1.02. The lowest BCUT2D eigenvalue weighted by Crippen LogP contribution is -2.41. The Morgan fingerprint density at radius 3 is 3.04 bits per heavy atom. The summed E-state index contributed by atoms with van der Waals surface area (Å²) in [6.45, 7) is 4.21. The van der Waals surface area contributed by atoms with Crippen molar-refractivity contribution in [3.05, 3.63) is 47.2 Å². The van der Waals surface area contributed by atoms with E-state index in [1.165, 1.54) is 10.5 Å². The van der Waals surface area contributed by atoms with Gasteiger partial charge in [0.2, 0.25) is 5.91 Å². The molecule has 1 aromatic heterocycles. The van der Waals surface area contributed by atoms with Crippen molar-refractivity contribution in [2.45, 2.75) is 36.5 Å². The normalized spacial score (nSPS) is 18.9. The monoisotopic (exact) mass is 340 g/mol. The Hall–Kier alpha value is -2.08. The molecule has 0 spiro atoms. The van der Waals surface area contributed by atoms with Gasteiger partial charge >= 0.3 is 0 Å². The fourth-order valence-electron chi connectivity index (χ4n) is 3.31. The highest BCUT2D eigenvalue weighted by molar-refractivity contribution is 8.01. The van der Waals surface area contributed by atoms with E-state index >= 15 is 0 Å². The summed E-state index contributed by atoms with van der Waals surface area (Å²) in [5, 5.41) is 11.7. The van der Waals surface area contributed by atoms with Crippen molar-refractivity contribution < 1.29 is 4.79 Å². The van der Waals surface area contributed by atoms with Crippen LogP contribution in [0.3, 0.4) is 0 Å². The number of anilines is 1. The van der Waals surface area contributed by atoms with Gasteiger partial charge in [-0.3, -0.25) is 4.79 Å². The Balaban J connectivity index is 1.48. The summed E-state index contributed by atoms with van der Waals surface area (Å²) in [5.41, 5.74) is 3.42. The molecule has 2 aliphatic heterocycles. The maximum absolute atomic E-state index is 12.9. The minimum Gasteiger partial charge on any atom is -0.369 e. The van der Waals surface area contributed by atoms with E-state index in [2.05, 4.69) is 27.6 Å². The maximum Gasteiger partial charge on any atom is 0.236 e. The first kappa shape index (κ1) is 15.4. The van der Waals surface area contributed by atoms with Crippen molar-refractivity contribution in [3.8, 4) is 0 Å². The molecule has 0 bridgehead atoms. The number of hydrogen-bond acceptors (Lipinski definition) is 5. The number of hydrogen-bond donors (Lipinski definition) is 1. The van der Waals surface area contributed by atoms with Gasteiger partial charge in [0.05, 0.1) is 10.9 Å². The van der Waals surface area contributed by atoms with E-state index in [9.17, 15) is 4.79 Å².